The van der Waals surface area contributed by atoms with E-state index in [2.05, 4.69) is 5.32 Å². The van der Waals surface area contributed by atoms with Crippen LogP contribution in [0, 0.1) is 18.8 Å². The lowest BCUT2D eigenvalue weighted by Crippen LogP contribution is -2.57. The lowest BCUT2D eigenvalue weighted by molar-refractivity contribution is -0.152. The normalized spacial score (nSPS) is 25.8. The molecule has 2 aromatic rings. The Hall–Kier alpha value is -3.72. The number of imide groups is 1. The first-order valence-electron chi connectivity index (χ1n) is 12.2. The highest BCUT2D eigenvalue weighted by atomic mass is 16.5. The summed E-state index contributed by atoms with van der Waals surface area (Å²) in [6, 6.07) is 14.7. The van der Waals surface area contributed by atoms with Crippen LogP contribution in [0.5, 0.6) is 5.75 Å². The van der Waals surface area contributed by atoms with Gasteiger partial charge in [0.1, 0.15) is 11.8 Å². The average Bonchev–Trinajstić information content (AvgIpc) is 3.36. The number of benzene rings is 2. The number of rotatable bonds is 5. The molecule has 4 atom stereocenters. The Balaban J connectivity index is 1.57. The molecule has 188 valence electrons. The van der Waals surface area contributed by atoms with Crippen molar-refractivity contribution in [2.45, 2.75) is 19.0 Å². The summed E-state index contributed by atoms with van der Waals surface area (Å²) in [4.78, 5) is 58.7. The van der Waals surface area contributed by atoms with Crippen LogP contribution in [0.2, 0.25) is 0 Å². The van der Waals surface area contributed by atoms with E-state index in [9.17, 15) is 19.2 Å². The first kappa shape index (κ1) is 24.0. The van der Waals surface area contributed by atoms with Crippen molar-refractivity contribution in [3.63, 3.8) is 0 Å². The van der Waals surface area contributed by atoms with Crippen molar-refractivity contribution in [2.24, 2.45) is 11.8 Å². The number of piperazine rings is 1. The number of nitrogens with zero attached hydrogens (tertiary/aromatic N) is 3. The molecule has 0 spiro atoms. The fourth-order valence-corrected chi connectivity index (χ4v) is 5.66. The standard InChI is InChI=1S/C27H30N4O5/c1-17-7-6-8-18(15-17)23-21-22(26(34)29(2)25(21)33)24(27(35)30-13-11-28-12-14-30)31(23)20(32)16-36-19-9-4-3-5-10-19/h3-10,15,21-24,28H,11-14,16H2,1-2H3. The molecule has 4 amide bonds. The number of amides is 4. The van der Waals surface area contributed by atoms with Gasteiger partial charge < -0.3 is 19.9 Å². The molecule has 0 bridgehead atoms. The van der Waals surface area contributed by atoms with Crippen LogP contribution in [-0.2, 0) is 19.2 Å². The molecule has 36 heavy (non-hydrogen) atoms. The first-order valence-corrected chi connectivity index (χ1v) is 12.2. The zero-order chi connectivity index (χ0) is 25.4. The molecule has 3 aliphatic heterocycles. The third-order valence-corrected chi connectivity index (χ3v) is 7.36. The number of para-hydroxylation sites is 1. The van der Waals surface area contributed by atoms with Crippen LogP contribution in [-0.4, -0.2) is 84.2 Å². The summed E-state index contributed by atoms with van der Waals surface area (Å²) >= 11 is 0. The van der Waals surface area contributed by atoms with E-state index in [1.165, 1.54) is 11.9 Å². The highest BCUT2D eigenvalue weighted by Crippen LogP contribution is 2.50. The Morgan fingerprint density at radius 2 is 1.67 bits per heavy atom. The molecular formula is C27H30N4O5. The molecule has 4 unspecified atom stereocenters. The van der Waals surface area contributed by atoms with Gasteiger partial charge in [-0.2, -0.15) is 0 Å². The highest BCUT2D eigenvalue weighted by Gasteiger charge is 2.65. The summed E-state index contributed by atoms with van der Waals surface area (Å²) in [5.41, 5.74) is 1.68. The van der Waals surface area contributed by atoms with Crippen LogP contribution >= 0.6 is 0 Å². The van der Waals surface area contributed by atoms with Crippen LogP contribution in [0.15, 0.2) is 54.6 Å². The maximum absolute atomic E-state index is 13.9. The number of nitrogens with one attached hydrogen (secondary N) is 1. The maximum atomic E-state index is 13.9. The Bertz CT molecular complexity index is 1180. The molecule has 2 aromatic carbocycles. The van der Waals surface area contributed by atoms with E-state index < -0.39 is 35.7 Å². The molecule has 0 aliphatic carbocycles. The summed E-state index contributed by atoms with van der Waals surface area (Å²) in [6.07, 6.45) is 0. The molecule has 3 fully saturated rings. The summed E-state index contributed by atoms with van der Waals surface area (Å²) in [7, 11) is 1.45. The number of hydrogen-bond acceptors (Lipinski definition) is 6. The molecule has 3 saturated heterocycles. The number of hydrogen-bond donors (Lipinski definition) is 1. The molecule has 0 aromatic heterocycles. The van der Waals surface area contributed by atoms with E-state index in [0.29, 0.717) is 31.9 Å². The van der Waals surface area contributed by atoms with E-state index in [-0.39, 0.29) is 18.4 Å². The van der Waals surface area contributed by atoms with E-state index in [1.54, 1.807) is 29.2 Å². The van der Waals surface area contributed by atoms with Crippen LogP contribution in [0.1, 0.15) is 17.2 Å². The van der Waals surface area contributed by atoms with Crippen LogP contribution in [0.3, 0.4) is 0 Å². The van der Waals surface area contributed by atoms with Gasteiger partial charge in [0.15, 0.2) is 6.61 Å². The summed E-state index contributed by atoms with van der Waals surface area (Å²) in [5.74, 6) is -2.76. The van der Waals surface area contributed by atoms with Gasteiger partial charge in [-0.05, 0) is 24.6 Å². The third kappa shape index (κ3) is 4.13. The molecule has 3 aliphatic rings. The van der Waals surface area contributed by atoms with Gasteiger partial charge in [0, 0.05) is 33.2 Å². The monoisotopic (exact) mass is 490 g/mol. The van der Waals surface area contributed by atoms with Crippen molar-refractivity contribution in [2.75, 3.05) is 39.8 Å². The summed E-state index contributed by atoms with van der Waals surface area (Å²) in [6.45, 7) is 3.83. The molecule has 1 N–H and O–H groups in total. The molecule has 0 radical (unpaired) electrons. The van der Waals surface area contributed by atoms with Gasteiger partial charge >= 0.3 is 0 Å². The fraction of sp³-hybridized carbons (Fsp3) is 0.407. The minimum absolute atomic E-state index is 0.300. The number of aryl methyl sites for hydroxylation is 1. The predicted octanol–water partition coefficient (Wildman–Crippen LogP) is 0.989. The zero-order valence-electron chi connectivity index (χ0n) is 20.4. The second-order valence-corrected chi connectivity index (χ2v) is 9.57. The third-order valence-electron chi connectivity index (χ3n) is 7.36. The van der Waals surface area contributed by atoms with Crippen molar-refractivity contribution >= 4 is 23.6 Å². The molecule has 0 saturated carbocycles. The molecule has 9 nitrogen and oxygen atoms in total. The van der Waals surface area contributed by atoms with Gasteiger partial charge in [-0.1, -0.05) is 48.0 Å². The van der Waals surface area contributed by atoms with Gasteiger partial charge in [-0.25, -0.2) is 0 Å². The number of ether oxygens (including phenoxy) is 1. The van der Waals surface area contributed by atoms with Crippen molar-refractivity contribution in [1.29, 1.82) is 0 Å². The quantitative estimate of drug-likeness (QED) is 0.628. The Morgan fingerprint density at radius 3 is 2.36 bits per heavy atom. The van der Waals surface area contributed by atoms with Crippen molar-refractivity contribution in [3.8, 4) is 5.75 Å². The molecule has 5 rings (SSSR count). The van der Waals surface area contributed by atoms with Crippen LogP contribution < -0.4 is 10.1 Å². The average molecular weight is 491 g/mol. The number of fused-ring (bicyclic) bond motifs is 1. The first-order chi connectivity index (χ1) is 17.4. The van der Waals surface area contributed by atoms with Gasteiger partial charge in [-0.3, -0.25) is 24.1 Å². The maximum Gasteiger partial charge on any atom is 0.261 e. The minimum atomic E-state index is -1.08. The van der Waals surface area contributed by atoms with Crippen LogP contribution in [0.25, 0.3) is 0 Å². The van der Waals surface area contributed by atoms with Crippen LogP contribution in [0.4, 0.5) is 0 Å². The Morgan fingerprint density at radius 1 is 0.972 bits per heavy atom. The lowest BCUT2D eigenvalue weighted by Gasteiger charge is -2.36. The van der Waals surface area contributed by atoms with Gasteiger partial charge in [-0.15, -0.1) is 0 Å². The lowest BCUT2D eigenvalue weighted by atomic mass is 9.86. The molecule has 3 heterocycles. The number of carbonyl (C=O) groups excluding carboxylic acids is 4. The van der Waals surface area contributed by atoms with Crippen molar-refractivity contribution in [1.82, 2.24) is 20.0 Å². The minimum Gasteiger partial charge on any atom is -0.484 e. The second kappa shape index (κ2) is 9.73. The molecular weight excluding hydrogens is 460 g/mol. The van der Waals surface area contributed by atoms with E-state index in [4.69, 9.17) is 4.74 Å². The van der Waals surface area contributed by atoms with E-state index >= 15 is 0 Å². The number of likely N-dealkylation sites (tertiary alicyclic amines) is 2. The Labute approximate surface area is 210 Å². The van der Waals surface area contributed by atoms with Gasteiger partial charge in [0.05, 0.1) is 17.9 Å². The van der Waals surface area contributed by atoms with E-state index in [1.807, 2.05) is 37.3 Å². The fourth-order valence-electron chi connectivity index (χ4n) is 5.66. The smallest absolute Gasteiger partial charge is 0.261 e. The SMILES string of the molecule is Cc1cccc(C2C3C(=O)N(C)C(=O)C3C(C(=O)N3CCNCC3)N2C(=O)COc2ccccc2)c1. The highest BCUT2D eigenvalue weighted by molar-refractivity contribution is 6.09. The largest absolute Gasteiger partial charge is 0.484 e. The predicted molar refractivity (Wildman–Crippen MR) is 131 cm³/mol. The van der Waals surface area contributed by atoms with E-state index in [0.717, 1.165) is 16.0 Å². The second-order valence-electron chi connectivity index (χ2n) is 9.57. The molecule has 9 heteroatoms. The van der Waals surface area contributed by atoms with Gasteiger partial charge in [0.25, 0.3) is 5.91 Å². The summed E-state index contributed by atoms with van der Waals surface area (Å²) in [5, 5.41) is 3.22. The summed E-state index contributed by atoms with van der Waals surface area (Å²) < 4.78 is 5.75. The number of carbonyl (C=O) groups is 4. The zero-order valence-corrected chi connectivity index (χ0v) is 20.4. The van der Waals surface area contributed by atoms with Gasteiger partial charge in [0.2, 0.25) is 17.7 Å². The van der Waals surface area contributed by atoms with Crippen molar-refractivity contribution in [3.05, 3.63) is 65.7 Å². The van der Waals surface area contributed by atoms with Crippen molar-refractivity contribution < 1.29 is 23.9 Å². The Kier molecular flexibility index (Phi) is 6.49. The topological polar surface area (TPSA) is 99.3 Å².